The number of sulfonamides is 1. The monoisotopic (exact) mass is 485 g/mol. The van der Waals surface area contributed by atoms with Crippen LogP contribution in [0, 0.1) is 0 Å². The summed E-state index contributed by atoms with van der Waals surface area (Å²) in [7, 11) is -3.75. The lowest BCUT2D eigenvalue weighted by Crippen LogP contribution is -2.15. The number of benzene rings is 4. The molecule has 5 rings (SSSR count). The van der Waals surface area contributed by atoms with E-state index >= 15 is 0 Å². The van der Waals surface area contributed by atoms with Crippen LogP contribution in [0.25, 0.3) is 22.0 Å². The summed E-state index contributed by atoms with van der Waals surface area (Å²) in [6.45, 7) is 0. The lowest BCUT2D eigenvalue weighted by atomic mass is 10.0. The summed E-state index contributed by atoms with van der Waals surface area (Å²) in [4.78, 5) is 17.6. The third-order valence-corrected chi connectivity index (χ3v) is 7.38. The van der Waals surface area contributed by atoms with Gasteiger partial charge in [0, 0.05) is 22.2 Å². The maximum Gasteiger partial charge on any atom is 0.261 e. The Morgan fingerprint density at radius 3 is 2.41 bits per heavy atom. The normalized spacial score (nSPS) is 11.3. The number of thiazole rings is 1. The fraction of sp³-hybridized carbons (Fsp3) is 0. The van der Waals surface area contributed by atoms with Crippen LogP contribution in [0.1, 0.15) is 10.4 Å². The number of anilines is 2. The zero-order chi connectivity index (χ0) is 23.5. The van der Waals surface area contributed by atoms with Gasteiger partial charge in [0.15, 0.2) is 5.13 Å². The summed E-state index contributed by atoms with van der Waals surface area (Å²) < 4.78 is 27.7. The maximum atomic E-state index is 12.8. The van der Waals surface area contributed by atoms with E-state index in [1.165, 1.54) is 29.5 Å². The van der Waals surface area contributed by atoms with Gasteiger partial charge in [-0.2, -0.15) is 0 Å². The summed E-state index contributed by atoms with van der Waals surface area (Å²) >= 11 is 1.33. The van der Waals surface area contributed by atoms with Crippen LogP contribution in [0.4, 0.5) is 10.8 Å². The van der Waals surface area contributed by atoms with Crippen molar-refractivity contribution in [2.75, 3.05) is 10.0 Å². The standard InChI is InChI=1S/C26H19N3O3S2/c30-25(19-10-6-11-20(16-19)29-34(31,32)21-12-2-1-3-13-21)28-26-27-24(17-33-26)23-15-7-9-18-8-4-5-14-22(18)23/h1-17,29H,(H,27,28,30). The van der Waals surface area contributed by atoms with Crippen molar-refractivity contribution in [3.63, 3.8) is 0 Å². The quantitative estimate of drug-likeness (QED) is 0.308. The van der Waals surface area contributed by atoms with Crippen molar-refractivity contribution in [3.05, 3.63) is 108 Å². The van der Waals surface area contributed by atoms with Gasteiger partial charge in [0.05, 0.1) is 10.6 Å². The van der Waals surface area contributed by atoms with Crippen LogP contribution in [-0.2, 0) is 10.0 Å². The van der Waals surface area contributed by atoms with Gasteiger partial charge in [-0.05, 0) is 41.1 Å². The number of hydrogen-bond acceptors (Lipinski definition) is 5. The van der Waals surface area contributed by atoms with Gasteiger partial charge in [0.1, 0.15) is 0 Å². The Morgan fingerprint density at radius 2 is 1.56 bits per heavy atom. The minimum Gasteiger partial charge on any atom is -0.298 e. The molecule has 1 amide bonds. The molecule has 0 saturated carbocycles. The number of carbonyl (C=O) groups is 1. The summed E-state index contributed by atoms with van der Waals surface area (Å²) in [6.07, 6.45) is 0. The van der Waals surface area contributed by atoms with E-state index in [4.69, 9.17) is 0 Å². The van der Waals surface area contributed by atoms with Gasteiger partial charge >= 0.3 is 0 Å². The fourth-order valence-corrected chi connectivity index (χ4v) is 5.39. The molecule has 0 saturated heterocycles. The van der Waals surface area contributed by atoms with Crippen molar-refractivity contribution in [2.24, 2.45) is 0 Å². The van der Waals surface area contributed by atoms with Crippen LogP contribution >= 0.6 is 11.3 Å². The number of aromatic nitrogens is 1. The van der Waals surface area contributed by atoms with Gasteiger partial charge < -0.3 is 0 Å². The second-order valence-electron chi connectivity index (χ2n) is 7.52. The fourth-order valence-electron chi connectivity index (χ4n) is 3.61. The van der Waals surface area contributed by atoms with Gasteiger partial charge in [-0.25, -0.2) is 13.4 Å². The Morgan fingerprint density at radius 1 is 0.824 bits per heavy atom. The van der Waals surface area contributed by atoms with Crippen LogP contribution in [0.5, 0.6) is 0 Å². The topological polar surface area (TPSA) is 88.2 Å². The minimum atomic E-state index is -3.75. The molecule has 8 heteroatoms. The molecule has 0 spiro atoms. The van der Waals surface area contributed by atoms with Crippen molar-refractivity contribution in [1.29, 1.82) is 0 Å². The first kappa shape index (κ1) is 21.8. The molecule has 2 N–H and O–H groups in total. The summed E-state index contributed by atoms with van der Waals surface area (Å²) in [5.74, 6) is -0.375. The van der Waals surface area contributed by atoms with Crippen molar-refractivity contribution < 1.29 is 13.2 Å². The third kappa shape index (κ3) is 4.54. The van der Waals surface area contributed by atoms with Crippen LogP contribution in [0.2, 0.25) is 0 Å². The maximum absolute atomic E-state index is 12.8. The molecule has 0 aliphatic carbocycles. The lowest BCUT2D eigenvalue weighted by molar-refractivity contribution is 0.102. The number of hydrogen-bond donors (Lipinski definition) is 2. The summed E-state index contributed by atoms with van der Waals surface area (Å²) in [5.41, 5.74) is 2.39. The Kier molecular flexibility index (Phi) is 5.83. The highest BCUT2D eigenvalue weighted by Gasteiger charge is 2.16. The van der Waals surface area contributed by atoms with E-state index in [0.717, 1.165) is 22.0 Å². The van der Waals surface area contributed by atoms with E-state index in [-0.39, 0.29) is 10.8 Å². The molecule has 4 aromatic carbocycles. The minimum absolute atomic E-state index is 0.147. The van der Waals surface area contributed by atoms with Gasteiger partial charge in [-0.15, -0.1) is 11.3 Å². The first-order valence-corrected chi connectivity index (χ1v) is 12.8. The molecule has 34 heavy (non-hydrogen) atoms. The van der Waals surface area contributed by atoms with E-state index in [1.54, 1.807) is 36.4 Å². The molecule has 0 aliphatic heterocycles. The van der Waals surface area contributed by atoms with Gasteiger partial charge in [0.25, 0.3) is 15.9 Å². The van der Waals surface area contributed by atoms with Crippen LogP contribution < -0.4 is 10.0 Å². The number of fused-ring (bicyclic) bond motifs is 1. The molecule has 1 aromatic heterocycles. The highest BCUT2D eigenvalue weighted by Crippen LogP contribution is 2.31. The van der Waals surface area contributed by atoms with Crippen LogP contribution in [-0.4, -0.2) is 19.3 Å². The predicted molar refractivity (Wildman–Crippen MR) is 137 cm³/mol. The largest absolute Gasteiger partial charge is 0.298 e. The van der Waals surface area contributed by atoms with Gasteiger partial charge in [-0.3, -0.25) is 14.8 Å². The predicted octanol–water partition coefficient (Wildman–Crippen LogP) is 6.02. The smallest absolute Gasteiger partial charge is 0.261 e. The zero-order valence-corrected chi connectivity index (χ0v) is 19.4. The van der Waals surface area contributed by atoms with Gasteiger partial charge in [-0.1, -0.05) is 66.7 Å². The average Bonchev–Trinajstić information content (AvgIpc) is 3.32. The van der Waals surface area contributed by atoms with E-state index in [0.29, 0.717) is 16.4 Å². The summed E-state index contributed by atoms with van der Waals surface area (Å²) in [6, 6.07) is 28.5. The zero-order valence-electron chi connectivity index (χ0n) is 17.8. The Bertz CT molecular complexity index is 1590. The molecular formula is C26H19N3O3S2. The molecule has 0 bridgehead atoms. The van der Waals surface area contributed by atoms with Gasteiger partial charge in [0.2, 0.25) is 0 Å². The molecule has 0 aliphatic rings. The molecular weight excluding hydrogens is 466 g/mol. The van der Waals surface area contributed by atoms with Crippen LogP contribution in [0.3, 0.4) is 0 Å². The number of rotatable bonds is 6. The van der Waals surface area contributed by atoms with Crippen molar-refractivity contribution in [3.8, 4) is 11.3 Å². The molecule has 168 valence electrons. The highest BCUT2D eigenvalue weighted by atomic mass is 32.2. The highest BCUT2D eigenvalue weighted by molar-refractivity contribution is 7.92. The second kappa shape index (κ2) is 9.09. The van der Waals surface area contributed by atoms with E-state index in [2.05, 4.69) is 15.0 Å². The summed E-state index contributed by atoms with van der Waals surface area (Å²) in [5, 5.41) is 7.38. The molecule has 0 fully saturated rings. The van der Waals surface area contributed by atoms with Crippen molar-refractivity contribution in [1.82, 2.24) is 4.98 Å². The van der Waals surface area contributed by atoms with Crippen molar-refractivity contribution in [2.45, 2.75) is 4.90 Å². The average molecular weight is 486 g/mol. The Balaban J connectivity index is 1.34. The Hall–Kier alpha value is -4.01. The second-order valence-corrected chi connectivity index (χ2v) is 10.1. The number of nitrogens with one attached hydrogen (secondary N) is 2. The number of carbonyl (C=O) groups excluding carboxylic acids is 1. The molecule has 0 radical (unpaired) electrons. The van der Waals surface area contributed by atoms with Crippen molar-refractivity contribution >= 4 is 48.9 Å². The lowest BCUT2D eigenvalue weighted by Gasteiger charge is -2.09. The number of amides is 1. The van der Waals surface area contributed by atoms with E-state index < -0.39 is 10.0 Å². The first-order valence-electron chi connectivity index (χ1n) is 10.4. The molecule has 0 unspecified atom stereocenters. The van der Waals surface area contributed by atoms with E-state index in [9.17, 15) is 13.2 Å². The SMILES string of the molecule is O=C(Nc1nc(-c2cccc3ccccc23)cs1)c1cccc(NS(=O)(=O)c2ccccc2)c1. The molecule has 0 atom stereocenters. The van der Waals surface area contributed by atoms with E-state index in [1.807, 2.05) is 47.8 Å². The number of nitrogens with zero attached hydrogens (tertiary/aromatic N) is 1. The Labute approximate surface area is 201 Å². The molecule has 6 nitrogen and oxygen atoms in total. The van der Waals surface area contributed by atoms with Crippen LogP contribution in [0.15, 0.2) is 107 Å². The third-order valence-electron chi connectivity index (χ3n) is 5.22. The molecule has 5 aromatic rings. The molecule has 1 heterocycles. The first-order chi connectivity index (χ1) is 16.5.